The molecule has 9 heteroatoms. The van der Waals surface area contributed by atoms with Gasteiger partial charge in [-0.2, -0.15) is 5.10 Å². The number of esters is 1. The molecule has 2 heterocycles. The van der Waals surface area contributed by atoms with Crippen molar-refractivity contribution < 1.29 is 14.3 Å². The third-order valence-electron chi connectivity index (χ3n) is 4.38. The topological polar surface area (TPSA) is 111 Å². The lowest BCUT2D eigenvalue weighted by Crippen LogP contribution is -2.22. The number of ether oxygens (including phenoxy) is 1. The van der Waals surface area contributed by atoms with E-state index in [4.69, 9.17) is 4.74 Å². The zero-order valence-corrected chi connectivity index (χ0v) is 17.2. The molecule has 1 aromatic carbocycles. The van der Waals surface area contributed by atoms with Crippen LogP contribution >= 0.6 is 0 Å². The first kappa shape index (κ1) is 21.0. The summed E-state index contributed by atoms with van der Waals surface area (Å²) in [7, 11) is 0. The van der Waals surface area contributed by atoms with E-state index in [1.165, 1.54) is 0 Å². The van der Waals surface area contributed by atoms with Crippen LogP contribution in [-0.4, -0.2) is 44.8 Å². The minimum atomic E-state index is -0.489. The summed E-state index contributed by atoms with van der Waals surface area (Å²) in [4.78, 5) is 32.1. The maximum Gasteiger partial charge on any atom is 0.308 e. The fourth-order valence-corrected chi connectivity index (χ4v) is 2.82. The zero-order valence-electron chi connectivity index (χ0n) is 17.2. The highest BCUT2D eigenvalue weighted by molar-refractivity contribution is 5.94. The van der Waals surface area contributed by atoms with E-state index in [2.05, 4.69) is 25.7 Å². The van der Waals surface area contributed by atoms with Gasteiger partial charge in [0, 0.05) is 18.9 Å². The summed E-state index contributed by atoms with van der Waals surface area (Å²) in [6.45, 7) is 5.65. The molecule has 3 rings (SSSR count). The molecule has 0 aliphatic rings. The molecule has 0 aliphatic heterocycles. The first-order valence-corrected chi connectivity index (χ1v) is 9.53. The molecule has 0 bridgehead atoms. The quantitative estimate of drug-likeness (QED) is 0.551. The molecule has 3 aromatic rings. The number of carbonyl (C=O) groups is 2. The van der Waals surface area contributed by atoms with Crippen LogP contribution in [0.3, 0.4) is 0 Å². The summed E-state index contributed by atoms with van der Waals surface area (Å²) in [5.74, 6) is -0.477. The fourth-order valence-electron chi connectivity index (χ4n) is 2.82. The molecule has 2 N–H and O–H groups in total. The molecule has 0 spiro atoms. The molecule has 30 heavy (non-hydrogen) atoms. The summed E-state index contributed by atoms with van der Waals surface area (Å²) < 4.78 is 6.81. The SMILES string of the molecule is Cc1ccc(-n2nc(C)c(NC(=O)COC(=O)CCNc3ncccn3)c2C)cc1. The Morgan fingerprint density at radius 1 is 1.07 bits per heavy atom. The number of hydrogen-bond acceptors (Lipinski definition) is 7. The van der Waals surface area contributed by atoms with Gasteiger partial charge in [-0.1, -0.05) is 17.7 Å². The number of benzene rings is 1. The van der Waals surface area contributed by atoms with E-state index in [-0.39, 0.29) is 13.0 Å². The van der Waals surface area contributed by atoms with Crippen molar-refractivity contribution in [2.75, 3.05) is 23.8 Å². The number of carbonyl (C=O) groups excluding carboxylic acids is 2. The van der Waals surface area contributed by atoms with Crippen LogP contribution in [0.1, 0.15) is 23.4 Å². The molecule has 9 nitrogen and oxygen atoms in total. The van der Waals surface area contributed by atoms with Gasteiger partial charge in [-0.25, -0.2) is 14.6 Å². The van der Waals surface area contributed by atoms with E-state index in [0.29, 0.717) is 23.9 Å². The molecule has 2 aromatic heterocycles. The van der Waals surface area contributed by atoms with Gasteiger partial charge in [-0.15, -0.1) is 0 Å². The van der Waals surface area contributed by atoms with Gasteiger partial charge in [-0.05, 0) is 39.0 Å². The van der Waals surface area contributed by atoms with Gasteiger partial charge in [0.1, 0.15) is 0 Å². The first-order chi connectivity index (χ1) is 14.4. The number of nitrogens with zero attached hydrogens (tertiary/aromatic N) is 4. The van der Waals surface area contributed by atoms with Crippen LogP contribution in [-0.2, 0) is 14.3 Å². The van der Waals surface area contributed by atoms with Crippen LogP contribution in [0.25, 0.3) is 5.69 Å². The number of rotatable bonds is 8. The van der Waals surface area contributed by atoms with Crippen LogP contribution in [0, 0.1) is 20.8 Å². The normalized spacial score (nSPS) is 10.5. The van der Waals surface area contributed by atoms with Crippen molar-refractivity contribution in [3.05, 3.63) is 59.7 Å². The van der Waals surface area contributed by atoms with Crippen molar-refractivity contribution >= 4 is 23.5 Å². The summed E-state index contributed by atoms with van der Waals surface area (Å²) in [6.07, 6.45) is 3.29. The highest BCUT2D eigenvalue weighted by Gasteiger charge is 2.16. The van der Waals surface area contributed by atoms with E-state index < -0.39 is 11.9 Å². The van der Waals surface area contributed by atoms with Gasteiger partial charge in [-0.3, -0.25) is 9.59 Å². The van der Waals surface area contributed by atoms with Crippen LogP contribution in [0.15, 0.2) is 42.7 Å². The molecule has 156 valence electrons. The second kappa shape index (κ2) is 9.64. The summed E-state index contributed by atoms with van der Waals surface area (Å²) in [6, 6.07) is 9.64. The number of hydrogen-bond donors (Lipinski definition) is 2. The van der Waals surface area contributed by atoms with E-state index in [0.717, 1.165) is 16.9 Å². The second-order valence-corrected chi connectivity index (χ2v) is 6.75. The molecule has 0 unspecified atom stereocenters. The third kappa shape index (κ3) is 5.40. The van der Waals surface area contributed by atoms with Gasteiger partial charge in [0.05, 0.1) is 29.2 Å². The van der Waals surface area contributed by atoms with Crippen LogP contribution in [0.4, 0.5) is 11.6 Å². The van der Waals surface area contributed by atoms with Gasteiger partial charge >= 0.3 is 5.97 Å². The third-order valence-corrected chi connectivity index (χ3v) is 4.38. The number of anilines is 2. The maximum atomic E-state index is 12.2. The highest BCUT2D eigenvalue weighted by atomic mass is 16.5. The van der Waals surface area contributed by atoms with Gasteiger partial charge in [0.15, 0.2) is 6.61 Å². The highest BCUT2D eigenvalue weighted by Crippen LogP contribution is 2.23. The van der Waals surface area contributed by atoms with Gasteiger partial charge in [0.25, 0.3) is 5.91 Å². The van der Waals surface area contributed by atoms with Crippen molar-refractivity contribution in [2.24, 2.45) is 0 Å². The Morgan fingerprint density at radius 3 is 2.47 bits per heavy atom. The van der Waals surface area contributed by atoms with Crippen molar-refractivity contribution in [1.82, 2.24) is 19.7 Å². The predicted molar refractivity (Wildman–Crippen MR) is 113 cm³/mol. The van der Waals surface area contributed by atoms with E-state index in [1.807, 2.05) is 45.0 Å². The van der Waals surface area contributed by atoms with Crippen LogP contribution in [0.2, 0.25) is 0 Å². The Morgan fingerprint density at radius 2 is 1.77 bits per heavy atom. The number of aryl methyl sites for hydroxylation is 2. The average Bonchev–Trinajstić information content (AvgIpc) is 3.02. The fraction of sp³-hybridized carbons (Fsp3) is 0.286. The largest absolute Gasteiger partial charge is 0.456 e. The van der Waals surface area contributed by atoms with Gasteiger partial charge in [0.2, 0.25) is 5.95 Å². The summed E-state index contributed by atoms with van der Waals surface area (Å²) in [5.41, 5.74) is 4.15. The first-order valence-electron chi connectivity index (χ1n) is 9.53. The Bertz CT molecular complexity index is 1020. The lowest BCUT2D eigenvalue weighted by Gasteiger charge is -2.08. The maximum absolute atomic E-state index is 12.2. The molecule has 0 saturated heterocycles. The minimum absolute atomic E-state index is 0.0922. The van der Waals surface area contributed by atoms with E-state index in [1.54, 1.807) is 23.1 Å². The predicted octanol–water partition coefficient (Wildman–Crippen LogP) is 2.57. The Hall–Kier alpha value is -3.75. The number of aromatic nitrogens is 4. The van der Waals surface area contributed by atoms with Crippen LogP contribution in [0.5, 0.6) is 0 Å². The molecular formula is C21H24N6O3. The lowest BCUT2D eigenvalue weighted by atomic mass is 10.2. The summed E-state index contributed by atoms with van der Waals surface area (Å²) >= 11 is 0. The number of nitrogens with one attached hydrogen (secondary N) is 2. The average molecular weight is 408 g/mol. The van der Waals surface area contributed by atoms with Crippen molar-refractivity contribution in [3.8, 4) is 5.69 Å². The molecule has 0 aliphatic carbocycles. The smallest absolute Gasteiger partial charge is 0.308 e. The summed E-state index contributed by atoms with van der Waals surface area (Å²) in [5, 5.41) is 10.2. The second-order valence-electron chi connectivity index (χ2n) is 6.75. The minimum Gasteiger partial charge on any atom is -0.456 e. The molecule has 1 amide bonds. The lowest BCUT2D eigenvalue weighted by molar-refractivity contribution is -0.147. The Labute approximate surface area is 174 Å². The van der Waals surface area contributed by atoms with Crippen molar-refractivity contribution in [3.63, 3.8) is 0 Å². The Balaban J connectivity index is 1.50. The molecule has 0 saturated carbocycles. The van der Waals surface area contributed by atoms with Crippen molar-refractivity contribution in [1.29, 1.82) is 0 Å². The van der Waals surface area contributed by atoms with Crippen LogP contribution < -0.4 is 10.6 Å². The van der Waals surface area contributed by atoms with Gasteiger partial charge < -0.3 is 15.4 Å². The molecule has 0 fully saturated rings. The standard InChI is InChI=1S/C21H24N6O3/c1-14-5-7-17(8-6-14)27-16(3)20(15(2)26-27)25-18(28)13-30-19(29)9-12-24-21-22-10-4-11-23-21/h4-8,10-11H,9,12-13H2,1-3H3,(H,25,28)(H,22,23,24). The molecular weight excluding hydrogens is 384 g/mol. The Kier molecular flexibility index (Phi) is 6.74. The van der Waals surface area contributed by atoms with Crippen molar-refractivity contribution in [2.45, 2.75) is 27.2 Å². The molecule has 0 radical (unpaired) electrons. The number of amides is 1. The van der Waals surface area contributed by atoms with E-state index in [9.17, 15) is 9.59 Å². The molecule has 0 atom stereocenters. The monoisotopic (exact) mass is 408 g/mol. The van der Waals surface area contributed by atoms with E-state index >= 15 is 0 Å². The zero-order chi connectivity index (χ0) is 21.5.